The fourth-order valence-corrected chi connectivity index (χ4v) is 3.26. The molecule has 2 aliphatic rings. The van der Waals surface area contributed by atoms with Gasteiger partial charge in [0.15, 0.2) is 12.7 Å². The molecule has 5 rings (SSSR count). The highest BCUT2D eigenvalue weighted by Gasteiger charge is 2.17. The predicted octanol–water partition coefficient (Wildman–Crippen LogP) is -0.397. The van der Waals surface area contributed by atoms with Crippen molar-refractivity contribution in [2.24, 2.45) is 15.3 Å². The van der Waals surface area contributed by atoms with Gasteiger partial charge in [0.2, 0.25) is 0 Å². The van der Waals surface area contributed by atoms with E-state index < -0.39 is 0 Å². The lowest BCUT2D eigenvalue weighted by Gasteiger charge is -2.25. The monoisotopic (exact) mass is 405 g/mol. The molecule has 0 saturated heterocycles. The van der Waals surface area contributed by atoms with Crippen molar-refractivity contribution in [3.8, 4) is 0 Å². The average Bonchev–Trinajstić information content (AvgIpc) is 3.45. The summed E-state index contributed by atoms with van der Waals surface area (Å²) in [6.07, 6.45) is 8.67. The van der Waals surface area contributed by atoms with Crippen LogP contribution >= 0.6 is 0 Å². The molecule has 1 aromatic carbocycles. The van der Waals surface area contributed by atoms with Gasteiger partial charge in [0, 0.05) is 22.8 Å². The SMILES string of the molecule is C[C@H](Cn1ncnn1)N1C=Nc2cc3c(cc2=C1)N=NN([C@H](C)Cn1ncnn1)C=3. The van der Waals surface area contributed by atoms with Crippen LogP contribution in [-0.4, -0.2) is 68.7 Å². The molecule has 0 N–H and O–H groups in total. The van der Waals surface area contributed by atoms with E-state index in [4.69, 9.17) is 0 Å². The number of aromatic nitrogens is 8. The zero-order valence-corrected chi connectivity index (χ0v) is 16.4. The van der Waals surface area contributed by atoms with Gasteiger partial charge in [0.25, 0.3) is 0 Å². The van der Waals surface area contributed by atoms with Gasteiger partial charge in [-0.25, -0.2) is 10.0 Å². The van der Waals surface area contributed by atoms with Gasteiger partial charge in [-0.05, 0) is 36.4 Å². The van der Waals surface area contributed by atoms with Gasteiger partial charge < -0.3 is 4.90 Å². The molecule has 2 atom stereocenters. The van der Waals surface area contributed by atoms with Crippen LogP contribution in [0.4, 0.5) is 11.4 Å². The number of hydrogen-bond donors (Lipinski definition) is 0. The van der Waals surface area contributed by atoms with Crippen molar-refractivity contribution in [1.29, 1.82) is 0 Å². The first-order valence-corrected chi connectivity index (χ1v) is 9.46. The molecule has 0 radical (unpaired) electrons. The summed E-state index contributed by atoms with van der Waals surface area (Å²) in [7, 11) is 0. The summed E-state index contributed by atoms with van der Waals surface area (Å²) in [5.41, 5.74) is 1.69. The van der Waals surface area contributed by atoms with Crippen molar-refractivity contribution in [2.75, 3.05) is 0 Å². The third-order valence-corrected chi connectivity index (χ3v) is 4.92. The molecule has 2 aliphatic heterocycles. The number of rotatable bonds is 6. The summed E-state index contributed by atoms with van der Waals surface area (Å²) in [5, 5.41) is 35.8. The molecule has 4 heterocycles. The Labute approximate surface area is 170 Å². The van der Waals surface area contributed by atoms with E-state index in [-0.39, 0.29) is 12.1 Å². The van der Waals surface area contributed by atoms with Crippen LogP contribution in [0.3, 0.4) is 0 Å². The van der Waals surface area contributed by atoms with Crippen molar-refractivity contribution in [1.82, 2.24) is 50.3 Å². The highest BCUT2D eigenvalue weighted by Crippen LogP contribution is 2.18. The van der Waals surface area contributed by atoms with E-state index in [2.05, 4.69) is 53.1 Å². The molecular formula is C17H19N13. The maximum absolute atomic E-state index is 4.62. The highest BCUT2D eigenvalue weighted by atomic mass is 15.6. The summed E-state index contributed by atoms with van der Waals surface area (Å²) >= 11 is 0. The van der Waals surface area contributed by atoms with Gasteiger partial charge in [-0.3, -0.25) is 0 Å². The first-order valence-electron chi connectivity index (χ1n) is 9.46. The summed E-state index contributed by atoms with van der Waals surface area (Å²) in [6.45, 7) is 5.25. The normalized spacial score (nSPS) is 16.5. The van der Waals surface area contributed by atoms with Gasteiger partial charge in [0.1, 0.15) is 0 Å². The van der Waals surface area contributed by atoms with E-state index in [1.54, 1.807) is 9.81 Å². The number of nitrogens with zero attached hydrogens (tertiary/aromatic N) is 13. The van der Waals surface area contributed by atoms with E-state index in [1.807, 2.05) is 42.7 Å². The minimum Gasteiger partial charge on any atom is -0.334 e. The number of tetrazole rings is 2. The summed E-state index contributed by atoms with van der Waals surface area (Å²) < 4.78 is 0. The Kier molecular flexibility index (Phi) is 4.46. The molecule has 0 bridgehead atoms. The standard InChI is InChI=1S/C17H19N13/c1-12(5-29-21-9-19-24-29)27-7-14-4-17-15(3-16(14)18-11-27)8-28(26-23-17)13(2)6-30-22-10-20-25-30/h3-4,7-13H,5-6H2,1-2H3/t12-,13-/m1/s1. The van der Waals surface area contributed by atoms with Gasteiger partial charge in [-0.1, -0.05) is 5.22 Å². The van der Waals surface area contributed by atoms with Crippen molar-refractivity contribution in [2.45, 2.75) is 39.0 Å². The van der Waals surface area contributed by atoms with Crippen LogP contribution in [0.25, 0.3) is 12.4 Å². The maximum atomic E-state index is 4.62. The number of hydrogen-bond acceptors (Lipinski definition) is 11. The minimum atomic E-state index is 0.0175. The van der Waals surface area contributed by atoms with Gasteiger partial charge in [0.05, 0.1) is 42.9 Å². The average molecular weight is 405 g/mol. The predicted molar refractivity (Wildman–Crippen MR) is 106 cm³/mol. The molecule has 13 heteroatoms. The quantitative estimate of drug-likeness (QED) is 0.541. The molecule has 3 aromatic rings. The first-order chi connectivity index (χ1) is 14.7. The fourth-order valence-electron chi connectivity index (χ4n) is 3.26. The maximum Gasteiger partial charge on any atom is 0.162 e. The Bertz CT molecular complexity index is 1100. The van der Waals surface area contributed by atoms with Crippen molar-refractivity contribution >= 4 is 30.1 Å². The lowest BCUT2D eigenvalue weighted by atomic mass is 10.1. The molecule has 0 saturated carbocycles. The van der Waals surface area contributed by atoms with E-state index in [9.17, 15) is 0 Å². The molecule has 30 heavy (non-hydrogen) atoms. The van der Waals surface area contributed by atoms with Crippen LogP contribution in [0, 0.1) is 0 Å². The fraction of sp³-hybridized carbons (Fsp3) is 0.353. The first kappa shape index (κ1) is 18.0. The Morgan fingerprint density at radius 3 is 2.20 bits per heavy atom. The number of fused-ring (bicyclic) bond motifs is 2. The molecule has 0 amide bonds. The number of aliphatic imine (C=N–C) groups is 1. The zero-order chi connectivity index (χ0) is 20.5. The van der Waals surface area contributed by atoms with Crippen LogP contribution in [0.15, 0.2) is 40.1 Å². The van der Waals surface area contributed by atoms with Crippen LogP contribution in [0.2, 0.25) is 0 Å². The molecule has 0 aliphatic carbocycles. The third kappa shape index (κ3) is 3.52. The van der Waals surface area contributed by atoms with Gasteiger partial charge >= 0.3 is 0 Å². The summed E-state index contributed by atoms with van der Waals surface area (Å²) in [5.74, 6) is 0. The summed E-state index contributed by atoms with van der Waals surface area (Å²) in [4.78, 5) is 9.74. The molecule has 0 unspecified atom stereocenters. The molecule has 0 spiro atoms. The van der Waals surface area contributed by atoms with Gasteiger partial charge in [-0.2, -0.15) is 9.59 Å². The second-order valence-electron chi connectivity index (χ2n) is 7.17. The van der Waals surface area contributed by atoms with E-state index in [0.29, 0.717) is 13.1 Å². The Balaban J connectivity index is 1.38. The highest BCUT2D eigenvalue weighted by molar-refractivity contribution is 5.72. The molecule has 13 nitrogen and oxygen atoms in total. The second-order valence-corrected chi connectivity index (χ2v) is 7.17. The zero-order valence-electron chi connectivity index (χ0n) is 16.4. The molecule has 152 valence electrons. The van der Waals surface area contributed by atoms with Crippen molar-refractivity contribution in [3.05, 3.63) is 35.2 Å². The Hall–Kier alpha value is -4.03. The Morgan fingerprint density at radius 2 is 1.50 bits per heavy atom. The largest absolute Gasteiger partial charge is 0.334 e. The lowest BCUT2D eigenvalue weighted by molar-refractivity contribution is 0.266. The minimum absolute atomic E-state index is 0.0175. The van der Waals surface area contributed by atoms with Crippen LogP contribution < -0.4 is 10.4 Å². The topological polar surface area (TPSA) is 131 Å². The molecule has 0 fully saturated rings. The van der Waals surface area contributed by atoms with Crippen LogP contribution in [0.1, 0.15) is 13.8 Å². The number of benzene rings is 1. The van der Waals surface area contributed by atoms with Crippen molar-refractivity contribution in [3.63, 3.8) is 0 Å². The van der Waals surface area contributed by atoms with E-state index in [1.165, 1.54) is 17.5 Å². The van der Waals surface area contributed by atoms with Crippen LogP contribution in [-0.2, 0) is 13.1 Å². The molecule has 2 aromatic heterocycles. The molecular weight excluding hydrogens is 386 g/mol. The smallest absolute Gasteiger partial charge is 0.162 e. The summed E-state index contributed by atoms with van der Waals surface area (Å²) in [6, 6.07) is 4.14. The van der Waals surface area contributed by atoms with Crippen molar-refractivity contribution < 1.29 is 0 Å². The second kappa shape index (κ2) is 7.42. The van der Waals surface area contributed by atoms with E-state index >= 15 is 0 Å². The van der Waals surface area contributed by atoms with E-state index in [0.717, 1.165) is 21.8 Å². The van der Waals surface area contributed by atoms with Crippen LogP contribution in [0.5, 0.6) is 0 Å². The third-order valence-electron chi connectivity index (χ3n) is 4.92. The lowest BCUT2D eigenvalue weighted by Crippen LogP contribution is -2.35. The Morgan fingerprint density at radius 1 is 0.833 bits per heavy atom. The van der Waals surface area contributed by atoms with Gasteiger partial charge in [-0.15, -0.1) is 25.5 Å².